The normalized spacial score (nSPS) is 30.6. The van der Waals surface area contributed by atoms with Crippen molar-refractivity contribution in [3.8, 4) is 0 Å². The topological polar surface area (TPSA) is 26.0 Å². The Bertz CT molecular complexity index is 162. The molecule has 0 radical (unpaired) electrons. The van der Waals surface area contributed by atoms with E-state index in [2.05, 4.69) is 0 Å². The monoisotopic (exact) mass is 231 g/mol. The van der Waals surface area contributed by atoms with E-state index in [1.807, 2.05) is 6.92 Å². The van der Waals surface area contributed by atoms with Crippen LogP contribution in [-0.2, 0) is 0 Å². The Morgan fingerprint density at radius 1 is 1.14 bits per heavy atom. The first-order chi connectivity index (χ1) is 5.91. The minimum atomic E-state index is -4.00. The van der Waals surface area contributed by atoms with Crippen LogP contribution in [0, 0.1) is 11.8 Å². The molecule has 0 spiro atoms. The van der Waals surface area contributed by atoms with Gasteiger partial charge in [-0.05, 0) is 38.5 Å². The summed E-state index contributed by atoms with van der Waals surface area (Å²) in [5.74, 6) is -0.791. The van der Waals surface area contributed by atoms with E-state index in [0.717, 1.165) is 0 Å². The highest BCUT2D eigenvalue weighted by Gasteiger charge is 2.41. The molecule has 0 heterocycles. The number of halogens is 4. The maximum absolute atomic E-state index is 12.2. The standard InChI is InChI=1S/C9H16F3N.ClH/c1-6(13)7-2-4-8(5-3-7)9(10,11)12;/h6-8H,2-5,13H2,1H3;1H. The molecule has 2 N–H and O–H groups in total. The van der Waals surface area contributed by atoms with Gasteiger partial charge in [0, 0.05) is 6.04 Å². The van der Waals surface area contributed by atoms with Crippen LogP contribution in [0.3, 0.4) is 0 Å². The number of rotatable bonds is 1. The van der Waals surface area contributed by atoms with E-state index in [9.17, 15) is 13.2 Å². The highest BCUT2D eigenvalue weighted by Crippen LogP contribution is 2.39. The van der Waals surface area contributed by atoms with E-state index < -0.39 is 12.1 Å². The highest BCUT2D eigenvalue weighted by molar-refractivity contribution is 5.85. The van der Waals surface area contributed by atoms with Gasteiger partial charge in [-0.25, -0.2) is 0 Å². The van der Waals surface area contributed by atoms with Gasteiger partial charge in [0.05, 0.1) is 5.92 Å². The summed E-state index contributed by atoms with van der Waals surface area (Å²) < 4.78 is 36.7. The summed E-state index contributed by atoms with van der Waals surface area (Å²) in [4.78, 5) is 0. The molecule has 1 nitrogen and oxygen atoms in total. The molecule has 0 bridgehead atoms. The van der Waals surface area contributed by atoms with Gasteiger partial charge in [0.2, 0.25) is 0 Å². The Hall–Kier alpha value is 0.0400. The van der Waals surface area contributed by atoms with Gasteiger partial charge in [0.25, 0.3) is 0 Å². The molecule has 0 aromatic rings. The third kappa shape index (κ3) is 3.65. The van der Waals surface area contributed by atoms with E-state index in [4.69, 9.17) is 5.73 Å². The maximum atomic E-state index is 12.2. The SMILES string of the molecule is CC(N)C1CCC(C(F)(F)F)CC1.Cl. The molecule has 1 saturated carbocycles. The van der Waals surface area contributed by atoms with Crippen LogP contribution < -0.4 is 5.73 Å². The van der Waals surface area contributed by atoms with Crippen molar-refractivity contribution in [1.29, 1.82) is 0 Å². The van der Waals surface area contributed by atoms with Crippen molar-refractivity contribution < 1.29 is 13.2 Å². The summed E-state index contributed by atoms with van der Waals surface area (Å²) in [6.07, 6.45) is -2.22. The Morgan fingerprint density at radius 2 is 1.57 bits per heavy atom. The van der Waals surface area contributed by atoms with Gasteiger partial charge < -0.3 is 5.73 Å². The second-order valence-corrected chi connectivity index (χ2v) is 4.01. The van der Waals surface area contributed by atoms with Crippen LogP contribution in [0.2, 0.25) is 0 Å². The lowest BCUT2D eigenvalue weighted by Crippen LogP contribution is -2.34. The maximum Gasteiger partial charge on any atom is 0.391 e. The summed E-state index contributed by atoms with van der Waals surface area (Å²) in [6.45, 7) is 1.87. The van der Waals surface area contributed by atoms with Crippen LogP contribution in [0.4, 0.5) is 13.2 Å². The van der Waals surface area contributed by atoms with Crippen molar-refractivity contribution in [2.75, 3.05) is 0 Å². The molecule has 1 aliphatic carbocycles. The van der Waals surface area contributed by atoms with Gasteiger partial charge in [0.1, 0.15) is 0 Å². The van der Waals surface area contributed by atoms with Crippen LogP contribution in [-0.4, -0.2) is 12.2 Å². The van der Waals surface area contributed by atoms with Gasteiger partial charge in [-0.1, -0.05) is 0 Å². The highest BCUT2D eigenvalue weighted by atomic mass is 35.5. The second kappa shape index (κ2) is 5.21. The Labute approximate surface area is 88.6 Å². The molecule has 14 heavy (non-hydrogen) atoms. The molecular formula is C9H17ClF3N. The first-order valence-corrected chi connectivity index (χ1v) is 4.73. The Kier molecular flexibility index (Phi) is 5.23. The number of hydrogen-bond acceptors (Lipinski definition) is 1. The van der Waals surface area contributed by atoms with Gasteiger partial charge in [-0.2, -0.15) is 13.2 Å². The molecule has 0 aliphatic heterocycles. The molecule has 0 aromatic heterocycles. The van der Waals surface area contributed by atoms with Crippen molar-refractivity contribution in [2.24, 2.45) is 17.6 Å². The summed E-state index contributed by atoms with van der Waals surface area (Å²) in [5.41, 5.74) is 5.64. The zero-order valence-corrected chi connectivity index (χ0v) is 9.00. The van der Waals surface area contributed by atoms with Crippen molar-refractivity contribution in [1.82, 2.24) is 0 Å². The molecule has 1 aliphatic rings. The third-order valence-corrected chi connectivity index (χ3v) is 2.98. The molecule has 0 amide bonds. The average Bonchev–Trinajstić information content (AvgIpc) is 2.03. The van der Waals surface area contributed by atoms with Gasteiger partial charge in [-0.3, -0.25) is 0 Å². The lowest BCUT2D eigenvalue weighted by molar-refractivity contribution is -0.184. The van der Waals surface area contributed by atoms with Gasteiger partial charge >= 0.3 is 6.18 Å². The molecule has 5 heteroatoms. The van der Waals surface area contributed by atoms with E-state index in [1.165, 1.54) is 0 Å². The van der Waals surface area contributed by atoms with Crippen LogP contribution in [0.15, 0.2) is 0 Å². The summed E-state index contributed by atoms with van der Waals surface area (Å²) in [6, 6.07) is 0.0363. The fourth-order valence-corrected chi connectivity index (χ4v) is 1.97. The third-order valence-electron chi connectivity index (χ3n) is 2.98. The lowest BCUT2D eigenvalue weighted by Gasteiger charge is -2.31. The van der Waals surface area contributed by atoms with Gasteiger partial charge in [0.15, 0.2) is 0 Å². The van der Waals surface area contributed by atoms with Crippen LogP contribution in [0.25, 0.3) is 0 Å². The quantitative estimate of drug-likeness (QED) is 0.737. The molecule has 1 fully saturated rings. The average molecular weight is 232 g/mol. The molecule has 0 aromatic carbocycles. The van der Waals surface area contributed by atoms with E-state index in [0.29, 0.717) is 18.8 Å². The smallest absolute Gasteiger partial charge is 0.328 e. The van der Waals surface area contributed by atoms with Crippen LogP contribution in [0.5, 0.6) is 0 Å². The minimum Gasteiger partial charge on any atom is -0.328 e. The molecule has 1 atom stereocenters. The van der Waals surface area contributed by atoms with Crippen molar-refractivity contribution in [2.45, 2.75) is 44.8 Å². The van der Waals surface area contributed by atoms with Crippen LogP contribution >= 0.6 is 12.4 Å². The van der Waals surface area contributed by atoms with E-state index >= 15 is 0 Å². The fourth-order valence-electron chi connectivity index (χ4n) is 1.97. The van der Waals surface area contributed by atoms with Crippen LogP contribution in [0.1, 0.15) is 32.6 Å². The molecule has 1 unspecified atom stereocenters. The Morgan fingerprint density at radius 3 is 1.86 bits per heavy atom. The molecular weight excluding hydrogens is 215 g/mol. The first-order valence-electron chi connectivity index (χ1n) is 4.73. The largest absolute Gasteiger partial charge is 0.391 e. The Balaban J connectivity index is 0.00000169. The summed E-state index contributed by atoms with van der Waals surface area (Å²) >= 11 is 0. The van der Waals surface area contributed by atoms with E-state index in [-0.39, 0.29) is 31.3 Å². The zero-order chi connectivity index (χ0) is 10.1. The number of hydrogen-bond donors (Lipinski definition) is 1. The lowest BCUT2D eigenvalue weighted by atomic mass is 9.79. The number of nitrogens with two attached hydrogens (primary N) is 1. The summed E-state index contributed by atoms with van der Waals surface area (Å²) in [7, 11) is 0. The van der Waals surface area contributed by atoms with Gasteiger partial charge in [-0.15, -0.1) is 12.4 Å². The predicted molar refractivity (Wildman–Crippen MR) is 52.4 cm³/mol. The fraction of sp³-hybridized carbons (Fsp3) is 1.00. The predicted octanol–water partition coefficient (Wildman–Crippen LogP) is 3.12. The molecule has 0 saturated heterocycles. The van der Waals surface area contributed by atoms with Crippen molar-refractivity contribution in [3.63, 3.8) is 0 Å². The first kappa shape index (κ1) is 14.0. The second-order valence-electron chi connectivity index (χ2n) is 4.01. The number of alkyl halides is 3. The van der Waals surface area contributed by atoms with E-state index in [1.54, 1.807) is 0 Å². The summed E-state index contributed by atoms with van der Waals surface area (Å²) in [5, 5.41) is 0. The van der Waals surface area contributed by atoms with Crippen molar-refractivity contribution >= 4 is 12.4 Å². The molecule has 1 rings (SSSR count). The zero-order valence-electron chi connectivity index (χ0n) is 8.18. The minimum absolute atomic E-state index is 0. The molecule has 86 valence electrons. The van der Waals surface area contributed by atoms with Crippen molar-refractivity contribution in [3.05, 3.63) is 0 Å².